The van der Waals surface area contributed by atoms with Crippen molar-refractivity contribution in [3.8, 4) is 0 Å². The third kappa shape index (κ3) is 3.85. The molecule has 3 fully saturated rings. The largest absolute Gasteiger partial charge is 0.353 e. The number of hydrogen-bond acceptors (Lipinski definition) is 6. The number of carbonyl (C=O) groups excluding carboxylic acids is 1. The quantitative estimate of drug-likeness (QED) is 0.676. The number of carbonyl (C=O) groups is 1. The Morgan fingerprint density at radius 2 is 2.00 bits per heavy atom. The van der Waals surface area contributed by atoms with Crippen molar-refractivity contribution in [1.82, 2.24) is 26.1 Å². The molecule has 25 heavy (non-hydrogen) atoms. The zero-order valence-electron chi connectivity index (χ0n) is 13.9. The molecule has 0 aromatic carbocycles. The second-order valence-electron chi connectivity index (χ2n) is 6.68. The SMILES string of the molecule is Cl.O=C(C1NNC2CCNCC21)N1CCN(c2ccc(Cl)cn2)CC1. The molecule has 0 saturated carbocycles. The van der Waals surface area contributed by atoms with Gasteiger partial charge in [-0.1, -0.05) is 11.6 Å². The lowest BCUT2D eigenvalue weighted by molar-refractivity contribution is -0.134. The van der Waals surface area contributed by atoms with E-state index in [1.807, 2.05) is 17.0 Å². The van der Waals surface area contributed by atoms with E-state index in [4.69, 9.17) is 11.6 Å². The molecule has 3 aliphatic heterocycles. The Bertz CT molecular complexity index is 593. The molecule has 3 aliphatic rings. The fraction of sp³-hybridized carbons (Fsp3) is 0.625. The van der Waals surface area contributed by atoms with Crippen molar-refractivity contribution in [1.29, 1.82) is 0 Å². The van der Waals surface area contributed by atoms with Crippen LogP contribution >= 0.6 is 24.0 Å². The van der Waals surface area contributed by atoms with Gasteiger partial charge in [0, 0.05) is 50.9 Å². The molecule has 3 atom stereocenters. The monoisotopic (exact) mass is 386 g/mol. The van der Waals surface area contributed by atoms with E-state index in [1.54, 1.807) is 6.20 Å². The smallest absolute Gasteiger partial charge is 0.241 e. The average molecular weight is 387 g/mol. The van der Waals surface area contributed by atoms with Gasteiger partial charge in [0.15, 0.2) is 0 Å². The van der Waals surface area contributed by atoms with Crippen LogP contribution < -0.4 is 21.1 Å². The first-order chi connectivity index (χ1) is 11.7. The highest BCUT2D eigenvalue weighted by Crippen LogP contribution is 2.22. The van der Waals surface area contributed by atoms with Gasteiger partial charge in [-0.05, 0) is 25.1 Å². The lowest BCUT2D eigenvalue weighted by Crippen LogP contribution is -2.56. The Kier molecular flexibility index (Phi) is 6.01. The summed E-state index contributed by atoms with van der Waals surface area (Å²) in [5.41, 5.74) is 6.52. The first-order valence-corrected chi connectivity index (χ1v) is 8.97. The van der Waals surface area contributed by atoms with E-state index >= 15 is 0 Å². The number of nitrogens with zero attached hydrogens (tertiary/aromatic N) is 3. The van der Waals surface area contributed by atoms with Crippen LogP contribution in [0.2, 0.25) is 5.02 Å². The van der Waals surface area contributed by atoms with Crippen molar-refractivity contribution in [2.24, 2.45) is 5.92 Å². The van der Waals surface area contributed by atoms with Gasteiger partial charge in [-0.25, -0.2) is 10.4 Å². The summed E-state index contributed by atoms with van der Waals surface area (Å²) in [6, 6.07) is 4.06. The third-order valence-corrected chi connectivity index (χ3v) is 5.50. The molecule has 3 N–H and O–H groups in total. The molecule has 7 nitrogen and oxygen atoms in total. The number of aromatic nitrogens is 1. The molecule has 4 rings (SSSR count). The highest BCUT2D eigenvalue weighted by Gasteiger charge is 2.43. The standard InChI is InChI=1S/C16H23ClN6O.ClH/c17-11-1-2-14(19-9-11)22-5-7-23(8-6-22)16(24)15-12-10-18-4-3-13(12)20-21-15;/h1-2,9,12-13,15,18,20-21H,3-8,10H2;1H. The van der Waals surface area contributed by atoms with Crippen molar-refractivity contribution in [2.75, 3.05) is 44.2 Å². The molecule has 0 spiro atoms. The number of fused-ring (bicyclic) bond motifs is 1. The Hall–Kier alpha value is -1.12. The first kappa shape index (κ1) is 18.7. The number of pyridine rings is 1. The van der Waals surface area contributed by atoms with Gasteiger partial charge in [0.2, 0.25) is 5.91 Å². The second-order valence-corrected chi connectivity index (χ2v) is 7.11. The van der Waals surface area contributed by atoms with Gasteiger partial charge in [-0.15, -0.1) is 12.4 Å². The first-order valence-electron chi connectivity index (χ1n) is 8.59. The van der Waals surface area contributed by atoms with Crippen molar-refractivity contribution >= 4 is 35.7 Å². The Morgan fingerprint density at radius 1 is 1.20 bits per heavy atom. The van der Waals surface area contributed by atoms with Crippen LogP contribution in [0.1, 0.15) is 6.42 Å². The number of rotatable bonds is 2. The van der Waals surface area contributed by atoms with E-state index in [-0.39, 0.29) is 24.4 Å². The predicted molar refractivity (Wildman–Crippen MR) is 100 cm³/mol. The van der Waals surface area contributed by atoms with Gasteiger partial charge in [0.25, 0.3) is 0 Å². The van der Waals surface area contributed by atoms with Crippen molar-refractivity contribution in [3.63, 3.8) is 0 Å². The van der Waals surface area contributed by atoms with E-state index in [2.05, 4.69) is 26.1 Å². The number of hydrazine groups is 1. The number of amides is 1. The average Bonchev–Trinajstić information content (AvgIpc) is 3.06. The summed E-state index contributed by atoms with van der Waals surface area (Å²) in [7, 11) is 0. The summed E-state index contributed by atoms with van der Waals surface area (Å²) in [6.07, 6.45) is 2.73. The number of piperidine rings is 1. The van der Waals surface area contributed by atoms with Crippen LogP contribution in [0.4, 0.5) is 5.82 Å². The van der Waals surface area contributed by atoms with Gasteiger partial charge in [-0.3, -0.25) is 10.2 Å². The van der Waals surface area contributed by atoms with Crippen molar-refractivity contribution in [2.45, 2.75) is 18.5 Å². The fourth-order valence-electron chi connectivity index (χ4n) is 3.87. The van der Waals surface area contributed by atoms with Crippen molar-refractivity contribution in [3.05, 3.63) is 23.4 Å². The molecule has 1 aromatic heterocycles. The number of hydrogen-bond donors (Lipinski definition) is 3. The van der Waals surface area contributed by atoms with Crippen LogP contribution in [-0.4, -0.2) is 67.1 Å². The highest BCUT2D eigenvalue weighted by atomic mass is 35.5. The zero-order valence-corrected chi connectivity index (χ0v) is 15.5. The van der Waals surface area contributed by atoms with Crippen LogP contribution in [0, 0.1) is 5.92 Å². The van der Waals surface area contributed by atoms with E-state index in [9.17, 15) is 4.79 Å². The minimum Gasteiger partial charge on any atom is -0.353 e. The minimum atomic E-state index is -0.122. The zero-order chi connectivity index (χ0) is 16.5. The second kappa shape index (κ2) is 8.05. The van der Waals surface area contributed by atoms with Crippen LogP contribution in [0.3, 0.4) is 0 Å². The van der Waals surface area contributed by atoms with Crippen molar-refractivity contribution < 1.29 is 4.79 Å². The highest BCUT2D eigenvalue weighted by molar-refractivity contribution is 6.30. The molecular weight excluding hydrogens is 363 g/mol. The summed E-state index contributed by atoms with van der Waals surface area (Å²) in [5.74, 6) is 1.47. The Morgan fingerprint density at radius 3 is 2.72 bits per heavy atom. The normalized spacial score (nSPS) is 29.1. The number of anilines is 1. The van der Waals surface area contributed by atoms with E-state index in [1.165, 1.54) is 0 Å². The maximum atomic E-state index is 12.9. The van der Waals surface area contributed by atoms with Crippen LogP contribution in [0.15, 0.2) is 18.3 Å². The summed E-state index contributed by atoms with van der Waals surface area (Å²) in [5, 5.41) is 4.04. The minimum absolute atomic E-state index is 0. The molecule has 1 amide bonds. The van der Waals surface area contributed by atoms with E-state index < -0.39 is 0 Å². The van der Waals surface area contributed by atoms with Gasteiger partial charge in [0.1, 0.15) is 11.9 Å². The molecule has 9 heteroatoms. The van der Waals surface area contributed by atoms with E-state index in [0.29, 0.717) is 17.0 Å². The van der Waals surface area contributed by atoms with Crippen LogP contribution in [0.25, 0.3) is 0 Å². The Labute approximate surface area is 158 Å². The number of nitrogens with one attached hydrogen (secondary N) is 3. The van der Waals surface area contributed by atoms with Gasteiger partial charge < -0.3 is 15.1 Å². The summed E-state index contributed by atoms with van der Waals surface area (Å²) < 4.78 is 0. The maximum absolute atomic E-state index is 12.9. The molecule has 0 radical (unpaired) electrons. The molecule has 0 aliphatic carbocycles. The molecule has 1 aromatic rings. The predicted octanol–water partition coefficient (Wildman–Crippen LogP) is 0.260. The number of piperazine rings is 1. The van der Waals surface area contributed by atoms with Gasteiger partial charge in [-0.2, -0.15) is 0 Å². The summed E-state index contributed by atoms with van der Waals surface area (Å²) in [6.45, 7) is 4.97. The molecule has 3 unspecified atom stereocenters. The molecule has 138 valence electrons. The van der Waals surface area contributed by atoms with Crippen LogP contribution in [0.5, 0.6) is 0 Å². The molecular formula is C16H24Cl2N6O. The maximum Gasteiger partial charge on any atom is 0.241 e. The number of halogens is 2. The summed E-state index contributed by atoms with van der Waals surface area (Å²) in [4.78, 5) is 21.4. The van der Waals surface area contributed by atoms with E-state index in [0.717, 1.165) is 51.5 Å². The summed E-state index contributed by atoms with van der Waals surface area (Å²) >= 11 is 5.89. The molecule has 3 saturated heterocycles. The molecule has 4 heterocycles. The lowest BCUT2D eigenvalue weighted by atomic mass is 9.89. The lowest BCUT2D eigenvalue weighted by Gasteiger charge is -2.37. The third-order valence-electron chi connectivity index (χ3n) is 5.27. The van der Waals surface area contributed by atoms with Crippen LogP contribution in [-0.2, 0) is 4.79 Å². The molecule has 0 bridgehead atoms. The van der Waals surface area contributed by atoms with Gasteiger partial charge >= 0.3 is 0 Å². The topological polar surface area (TPSA) is 72.5 Å². The fourth-order valence-corrected chi connectivity index (χ4v) is 3.98. The van der Waals surface area contributed by atoms with Gasteiger partial charge in [0.05, 0.1) is 5.02 Å². The Balaban J connectivity index is 0.00000182.